The van der Waals surface area contributed by atoms with Crippen LogP contribution < -0.4 is 0 Å². The van der Waals surface area contributed by atoms with Gasteiger partial charge in [-0.05, 0) is 31.4 Å². The van der Waals surface area contributed by atoms with E-state index in [1.54, 1.807) is 6.92 Å². The minimum absolute atomic E-state index is 0.273. The maximum absolute atomic E-state index is 12.8. The van der Waals surface area contributed by atoms with Crippen molar-refractivity contribution in [1.82, 2.24) is 14.6 Å². The number of halogens is 4. The van der Waals surface area contributed by atoms with Crippen LogP contribution in [-0.2, 0) is 6.18 Å². The third kappa shape index (κ3) is 1.75. The van der Waals surface area contributed by atoms with Crippen LogP contribution in [0.3, 0.4) is 0 Å². The Labute approximate surface area is 106 Å². The van der Waals surface area contributed by atoms with Crippen LogP contribution in [0.2, 0.25) is 5.15 Å². The average molecular weight is 276 g/mol. The Kier molecular flexibility index (Phi) is 2.35. The van der Waals surface area contributed by atoms with Gasteiger partial charge in [-0.1, -0.05) is 11.6 Å². The topological polar surface area (TPSA) is 30.2 Å². The van der Waals surface area contributed by atoms with Crippen molar-refractivity contribution in [3.8, 4) is 0 Å². The van der Waals surface area contributed by atoms with E-state index in [1.165, 1.54) is 0 Å². The monoisotopic (exact) mass is 275 g/mol. The van der Waals surface area contributed by atoms with Crippen molar-refractivity contribution in [2.45, 2.75) is 31.9 Å². The molecule has 7 heteroatoms. The highest BCUT2D eigenvalue weighted by molar-refractivity contribution is 6.30. The zero-order valence-electron chi connectivity index (χ0n) is 9.42. The van der Waals surface area contributed by atoms with Gasteiger partial charge in [-0.2, -0.15) is 13.2 Å². The van der Waals surface area contributed by atoms with Crippen LogP contribution in [0.4, 0.5) is 13.2 Å². The van der Waals surface area contributed by atoms with Crippen molar-refractivity contribution < 1.29 is 13.2 Å². The summed E-state index contributed by atoms with van der Waals surface area (Å²) < 4.78 is 39.5. The molecule has 0 bridgehead atoms. The van der Waals surface area contributed by atoms with Crippen molar-refractivity contribution in [2.24, 2.45) is 0 Å². The minimum atomic E-state index is -4.48. The molecule has 2 heterocycles. The van der Waals surface area contributed by atoms with Crippen LogP contribution in [-0.4, -0.2) is 14.6 Å². The summed E-state index contributed by atoms with van der Waals surface area (Å²) in [4.78, 5) is 4.26. The lowest BCUT2D eigenvalue weighted by atomic mass is 10.2. The molecule has 2 aromatic rings. The quantitative estimate of drug-likeness (QED) is 0.745. The van der Waals surface area contributed by atoms with E-state index in [4.69, 9.17) is 11.6 Å². The van der Waals surface area contributed by atoms with Gasteiger partial charge in [0.15, 0.2) is 11.5 Å². The number of nitrogens with zero attached hydrogens (tertiary/aromatic N) is 3. The number of alkyl halides is 3. The highest BCUT2D eigenvalue weighted by Crippen LogP contribution is 2.40. The Hall–Kier alpha value is -1.30. The summed E-state index contributed by atoms with van der Waals surface area (Å²) in [6.07, 6.45) is -2.51. The summed E-state index contributed by atoms with van der Waals surface area (Å²) in [7, 11) is 0. The first-order valence-corrected chi connectivity index (χ1v) is 5.88. The average Bonchev–Trinajstić information content (AvgIpc) is 3.01. The molecule has 3 nitrogen and oxygen atoms in total. The lowest BCUT2D eigenvalue weighted by Crippen LogP contribution is -2.10. The molecule has 18 heavy (non-hydrogen) atoms. The van der Waals surface area contributed by atoms with Gasteiger partial charge in [0.25, 0.3) is 0 Å². The molecule has 1 fully saturated rings. The Morgan fingerprint density at radius 3 is 2.61 bits per heavy atom. The third-order valence-electron chi connectivity index (χ3n) is 2.99. The molecule has 0 amide bonds. The summed E-state index contributed by atoms with van der Waals surface area (Å²) in [5.41, 5.74) is -0.0533. The summed E-state index contributed by atoms with van der Waals surface area (Å²) in [5, 5.41) is 3.65. The lowest BCUT2D eigenvalue weighted by molar-refractivity contribution is -0.137. The maximum Gasteiger partial charge on any atom is 0.419 e. The number of aryl methyl sites for hydroxylation is 1. The van der Waals surface area contributed by atoms with Crippen LogP contribution in [0.25, 0.3) is 5.65 Å². The van der Waals surface area contributed by atoms with E-state index in [0.29, 0.717) is 17.0 Å². The van der Waals surface area contributed by atoms with Crippen LogP contribution in [0.5, 0.6) is 0 Å². The molecular formula is C11H9ClF3N3. The van der Waals surface area contributed by atoms with Gasteiger partial charge < -0.3 is 0 Å². The third-order valence-corrected chi connectivity index (χ3v) is 3.36. The molecule has 1 aliphatic carbocycles. The molecule has 96 valence electrons. The van der Waals surface area contributed by atoms with E-state index in [0.717, 1.165) is 23.4 Å². The minimum Gasteiger partial charge on any atom is -0.211 e. The fourth-order valence-corrected chi connectivity index (χ4v) is 2.17. The number of pyridine rings is 1. The Bertz CT molecular complexity index is 628. The second-order valence-electron chi connectivity index (χ2n) is 4.51. The number of aromatic nitrogens is 3. The van der Waals surface area contributed by atoms with Gasteiger partial charge in [-0.3, -0.25) is 0 Å². The van der Waals surface area contributed by atoms with Crippen molar-refractivity contribution in [3.63, 3.8) is 0 Å². The first-order valence-electron chi connectivity index (χ1n) is 5.51. The molecular weight excluding hydrogens is 267 g/mol. The highest BCUT2D eigenvalue weighted by Gasteiger charge is 2.36. The van der Waals surface area contributed by atoms with E-state index in [1.807, 2.05) is 0 Å². The van der Waals surface area contributed by atoms with E-state index in [2.05, 4.69) is 10.1 Å². The van der Waals surface area contributed by atoms with Crippen LogP contribution in [0.1, 0.15) is 35.7 Å². The van der Waals surface area contributed by atoms with E-state index in [9.17, 15) is 13.2 Å². The van der Waals surface area contributed by atoms with Gasteiger partial charge in [0, 0.05) is 5.92 Å². The zero-order valence-corrected chi connectivity index (χ0v) is 10.2. The largest absolute Gasteiger partial charge is 0.419 e. The summed E-state index contributed by atoms with van der Waals surface area (Å²) in [6.45, 7) is 1.58. The van der Waals surface area contributed by atoms with Crippen molar-refractivity contribution in [2.75, 3.05) is 0 Å². The molecule has 3 rings (SSSR count). The Morgan fingerprint density at radius 1 is 1.39 bits per heavy atom. The molecule has 0 spiro atoms. The molecule has 1 saturated carbocycles. The first-order chi connectivity index (χ1) is 8.38. The smallest absolute Gasteiger partial charge is 0.211 e. The number of rotatable bonds is 1. The van der Waals surface area contributed by atoms with Crippen LogP contribution in [0.15, 0.2) is 6.07 Å². The molecule has 0 saturated heterocycles. The molecule has 0 aliphatic heterocycles. The van der Waals surface area contributed by atoms with E-state index < -0.39 is 16.9 Å². The molecule has 1 aliphatic rings. The van der Waals surface area contributed by atoms with Crippen molar-refractivity contribution in [3.05, 3.63) is 28.2 Å². The molecule has 0 radical (unpaired) electrons. The molecule has 0 N–H and O–H groups in total. The number of fused-ring (bicyclic) bond motifs is 1. The van der Waals surface area contributed by atoms with Crippen molar-refractivity contribution >= 4 is 17.2 Å². The van der Waals surface area contributed by atoms with Gasteiger partial charge in [0.1, 0.15) is 5.15 Å². The predicted octanol–water partition coefficient (Wildman–Crippen LogP) is 3.59. The molecule has 0 atom stereocenters. The maximum atomic E-state index is 12.8. The van der Waals surface area contributed by atoms with E-state index >= 15 is 0 Å². The second kappa shape index (κ2) is 3.60. The van der Waals surface area contributed by atoms with E-state index in [-0.39, 0.29) is 5.92 Å². The normalized spacial score (nSPS) is 16.5. The first kappa shape index (κ1) is 11.8. The Morgan fingerprint density at radius 2 is 2.06 bits per heavy atom. The van der Waals surface area contributed by atoms with Crippen molar-refractivity contribution in [1.29, 1.82) is 0 Å². The second-order valence-corrected chi connectivity index (χ2v) is 4.87. The number of hydrogen-bond donors (Lipinski definition) is 0. The number of hydrogen-bond acceptors (Lipinski definition) is 2. The summed E-state index contributed by atoms with van der Waals surface area (Å²) in [6, 6.07) is 1.02. The fraction of sp³-hybridized carbons (Fsp3) is 0.455. The predicted molar refractivity (Wildman–Crippen MR) is 59.7 cm³/mol. The lowest BCUT2D eigenvalue weighted by Gasteiger charge is -2.10. The fourth-order valence-electron chi connectivity index (χ4n) is 1.89. The summed E-state index contributed by atoms with van der Waals surface area (Å²) in [5.74, 6) is 0.856. The van der Waals surface area contributed by atoms with Crippen LogP contribution in [0, 0.1) is 6.92 Å². The molecule has 0 unspecified atom stereocenters. The Balaban J connectivity index is 2.27. The molecule has 0 aromatic carbocycles. The SMILES string of the molecule is Cc1cc(C(F)(F)F)c(Cl)n2nc(C3CC3)nc12. The van der Waals surface area contributed by atoms with Gasteiger partial charge in [0.05, 0.1) is 5.56 Å². The van der Waals surface area contributed by atoms with Gasteiger partial charge in [-0.15, -0.1) is 5.10 Å². The van der Waals surface area contributed by atoms with Gasteiger partial charge in [0.2, 0.25) is 0 Å². The van der Waals surface area contributed by atoms with Crippen LogP contribution >= 0.6 is 11.6 Å². The highest BCUT2D eigenvalue weighted by atomic mass is 35.5. The van der Waals surface area contributed by atoms with Gasteiger partial charge in [-0.25, -0.2) is 9.50 Å². The summed E-state index contributed by atoms with van der Waals surface area (Å²) >= 11 is 5.78. The standard InChI is InChI=1S/C11H9ClF3N3/c1-5-4-7(11(13,14)15)8(12)18-10(5)16-9(17-18)6-2-3-6/h4,6H,2-3H2,1H3. The van der Waals surface area contributed by atoms with Gasteiger partial charge >= 0.3 is 6.18 Å². The molecule has 2 aromatic heterocycles. The zero-order chi connectivity index (χ0) is 13.1.